The molecule has 0 amide bonds. The van der Waals surface area contributed by atoms with Crippen LogP contribution in [0, 0.1) is 5.82 Å². The summed E-state index contributed by atoms with van der Waals surface area (Å²) in [4.78, 5) is 2.08. The Bertz CT molecular complexity index is 1060. The van der Waals surface area contributed by atoms with Gasteiger partial charge in [-0.05, 0) is 30.7 Å². The summed E-state index contributed by atoms with van der Waals surface area (Å²) in [5, 5.41) is 5.32. The van der Waals surface area contributed by atoms with Gasteiger partial charge in [0.25, 0.3) is 0 Å². The van der Waals surface area contributed by atoms with Crippen LogP contribution in [-0.4, -0.2) is 14.3 Å². The summed E-state index contributed by atoms with van der Waals surface area (Å²) in [6, 6.07) is 13.5. The molecular weight excluding hydrogens is 369 g/mol. The van der Waals surface area contributed by atoms with Crippen LogP contribution in [0.1, 0.15) is 13.3 Å². The van der Waals surface area contributed by atoms with Crippen molar-refractivity contribution in [1.82, 2.24) is 14.3 Å². The van der Waals surface area contributed by atoms with Crippen LogP contribution in [0.5, 0.6) is 0 Å². The highest BCUT2D eigenvalue weighted by Crippen LogP contribution is 2.38. The minimum atomic E-state index is -0.410. The maximum absolute atomic E-state index is 14.9. The van der Waals surface area contributed by atoms with Crippen molar-refractivity contribution in [3.63, 3.8) is 0 Å². The number of nitrogens with zero attached hydrogens (tertiary/aromatic N) is 3. The SMILES string of the molecule is CCCn1cc(-n2cc(Sc3ccccc3)c3ccc(Cl)c(F)c32)cn1. The standard InChI is InChI=1S/C20H17ClFN3S/c1-2-10-24-12-14(11-23-24)25-13-18(26-15-6-4-3-5-7-15)16-8-9-17(21)19(22)20(16)25/h3-9,11-13H,2,10H2,1H3. The zero-order chi connectivity index (χ0) is 18.1. The van der Waals surface area contributed by atoms with Crippen LogP contribution in [0.3, 0.4) is 0 Å². The van der Waals surface area contributed by atoms with Gasteiger partial charge in [-0.15, -0.1) is 0 Å². The van der Waals surface area contributed by atoms with E-state index < -0.39 is 5.82 Å². The Labute approximate surface area is 160 Å². The van der Waals surface area contributed by atoms with E-state index in [-0.39, 0.29) is 5.02 Å². The van der Waals surface area contributed by atoms with Crippen molar-refractivity contribution >= 4 is 34.3 Å². The van der Waals surface area contributed by atoms with E-state index in [1.165, 1.54) is 0 Å². The Morgan fingerprint density at radius 3 is 2.69 bits per heavy atom. The second-order valence-electron chi connectivity index (χ2n) is 6.00. The topological polar surface area (TPSA) is 22.8 Å². The fourth-order valence-electron chi connectivity index (χ4n) is 2.95. The van der Waals surface area contributed by atoms with Gasteiger partial charge in [-0.25, -0.2) is 4.39 Å². The van der Waals surface area contributed by atoms with Gasteiger partial charge < -0.3 is 4.57 Å². The molecule has 3 nitrogen and oxygen atoms in total. The largest absolute Gasteiger partial charge is 0.310 e. The van der Waals surface area contributed by atoms with Crippen molar-refractivity contribution in [3.05, 3.63) is 71.9 Å². The zero-order valence-electron chi connectivity index (χ0n) is 14.2. The molecule has 0 aliphatic rings. The minimum Gasteiger partial charge on any atom is -0.310 e. The minimum absolute atomic E-state index is 0.120. The number of fused-ring (bicyclic) bond motifs is 1. The Hall–Kier alpha value is -2.24. The Morgan fingerprint density at radius 2 is 1.92 bits per heavy atom. The highest BCUT2D eigenvalue weighted by atomic mass is 35.5. The lowest BCUT2D eigenvalue weighted by Crippen LogP contribution is -1.96. The van der Waals surface area contributed by atoms with Crippen LogP contribution in [0.2, 0.25) is 5.02 Å². The average molecular weight is 386 g/mol. The van der Waals surface area contributed by atoms with Gasteiger partial charge in [-0.3, -0.25) is 4.68 Å². The maximum Gasteiger partial charge on any atom is 0.166 e. The molecule has 132 valence electrons. The molecular formula is C20H17ClFN3S. The van der Waals surface area contributed by atoms with E-state index in [0.29, 0.717) is 5.52 Å². The van der Waals surface area contributed by atoms with Gasteiger partial charge in [-0.2, -0.15) is 5.10 Å². The van der Waals surface area contributed by atoms with Gasteiger partial charge >= 0.3 is 0 Å². The van der Waals surface area contributed by atoms with Gasteiger partial charge in [0.2, 0.25) is 0 Å². The second kappa shape index (κ2) is 7.17. The van der Waals surface area contributed by atoms with Crippen LogP contribution >= 0.6 is 23.4 Å². The van der Waals surface area contributed by atoms with Gasteiger partial charge in [-0.1, -0.05) is 48.5 Å². The molecule has 26 heavy (non-hydrogen) atoms. The van der Waals surface area contributed by atoms with E-state index in [2.05, 4.69) is 12.0 Å². The molecule has 0 N–H and O–H groups in total. The molecule has 0 saturated carbocycles. The lowest BCUT2D eigenvalue weighted by molar-refractivity contribution is 0.602. The first-order valence-electron chi connectivity index (χ1n) is 8.42. The molecule has 2 aromatic carbocycles. The van der Waals surface area contributed by atoms with Crippen molar-refractivity contribution in [2.75, 3.05) is 0 Å². The molecule has 0 bridgehead atoms. The third-order valence-electron chi connectivity index (χ3n) is 4.14. The summed E-state index contributed by atoms with van der Waals surface area (Å²) >= 11 is 7.66. The number of aromatic nitrogens is 3. The first kappa shape index (κ1) is 17.2. The predicted octanol–water partition coefficient (Wildman–Crippen LogP) is 6.18. The Kier molecular flexibility index (Phi) is 4.74. The normalized spacial score (nSPS) is 11.3. The summed E-state index contributed by atoms with van der Waals surface area (Å²) in [6.45, 7) is 2.93. The van der Waals surface area contributed by atoms with Crippen LogP contribution in [0.15, 0.2) is 70.8 Å². The average Bonchev–Trinajstić information content (AvgIpc) is 3.25. The molecule has 0 spiro atoms. The van der Waals surface area contributed by atoms with Crippen molar-refractivity contribution < 1.29 is 4.39 Å². The molecule has 0 radical (unpaired) electrons. The number of halogens is 2. The molecule has 2 heterocycles. The van der Waals surface area contributed by atoms with Crippen molar-refractivity contribution in [1.29, 1.82) is 0 Å². The zero-order valence-corrected chi connectivity index (χ0v) is 15.8. The molecule has 4 aromatic rings. The summed E-state index contributed by atoms with van der Waals surface area (Å²) in [6.07, 6.45) is 6.63. The lowest BCUT2D eigenvalue weighted by Gasteiger charge is -2.04. The van der Waals surface area contributed by atoms with Crippen LogP contribution in [0.25, 0.3) is 16.6 Å². The van der Waals surface area contributed by atoms with Crippen LogP contribution in [0.4, 0.5) is 4.39 Å². The van der Waals surface area contributed by atoms with E-state index in [1.54, 1.807) is 24.0 Å². The Morgan fingerprint density at radius 1 is 1.12 bits per heavy atom. The Balaban J connectivity index is 1.87. The quantitative estimate of drug-likeness (QED) is 0.409. The lowest BCUT2D eigenvalue weighted by atomic mass is 10.2. The molecule has 2 aromatic heterocycles. The number of rotatable bonds is 5. The molecule has 0 unspecified atom stereocenters. The number of hydrogen-bond donors (Lipinski definition) is 0. The molecule has 0 saturated heterocycles. The van der Waals surface area contributed by atoms with E-state index in [1.807, 2.05) is 58.0 Å². The van der Waals surface area contributed by atoms with E-state index in [4.69, 9.17) is 11.6 Å². The second-order valence-corrected chi connectivity index (χ2v) is 7.52. The molecule has 0 aliphatic carbocycles. The number of benzene rings is 2. The third kappa shape index (κ3) is 3.13. The number of hydrogen-bond acceptors (Lipinski definition) is 2. The summed E-state index contributed by atoms with van der Waals surface area (Å²) in [7, 11) is 0. The maximum atomic E-state index is 14.9. The van der Waals surface area contributed by atoms with Crippen molar-refractivity contribution in [2.45, 2.75) is 29.7 Å². The van der Waals surface area contributed by atoms with Gasteiger partial charge in [0.15, 0.2) is 5.82 Å². The fraction of sp³-hybridized carbons (Fsp3) is 0.150. The highest BCUT2D eigenvalue weighted by Gasteiger charge is 2.17. The first-order valence-corrected chi connectivity index (χ1v) is 9.61. The van der Waals surface area contributed by atoms with Gasteiger partial charge in [0.1, 0.15) is 0 Å². The third-order valence-corrected chi connectivity index (χ3v) is 5.49. The molecule has 4 rings (SSSR count). The fourth-order valence-corrected chi connectivity index (χ4v) is 4.09. The van der Waals surface area contributed by atoms with Crippen molar-refractivity contribution in [3.8, 4) is 5.69 Å². The van der Waals surface area contributed by atoms with Crippen LogP contribution < -0.4 is 0 Å². The summed E-state index contributed by atoms with van der Waals surface area (Å²) in [5.41, 5.74) is 1.30. The molecule has 0 aliphatic heterocycles. The summed E-state index contributed by atoms with van der Waals surface area (Å²) in [5.74, 6) is -0.410. The van der Waals surface area contributed by atoms with E-state index >= 15 is 0 Å². The predicted molar refractivity (Wildman–Crippen MR) is 105 cm³/mol. The van der Waals surface area contributed by atoms with Gasteiger partial charge in [0, 0.05) is 34.1 Å². The monoisotopic (exact) mass is 385 g/mol. The van der Waals surface area contributed by atoms with E-state index in [0.717, 1.165) is 33.8 Å². The number of aryl methyl sites for hydroxylation is 1. The highest BCUT2D eigenvalue weighted by molar-refractivity contribution is 7.99. The molecule has 0 fully saturated rings. The molecule has 0 atom stereocenters. The smallest absolute Gasteiger partial charge is 0.166 e. The van der Waals surface area contributed by atoms with Crippen LogP contribution in [-0.2, 0) is 6.54 Å². The van der Waals surface area contributed by atoms with E-state index in [9.17, 15) is 4.39 Å². The van der Waals surface area contributed by atoms with Crippen molar-refractivity contribution in [2.24, 2.45) is 0 Å². The first-order chi connectivity index (χ1) is 12.7. The summed E-state index contributed by atoms with van der Waals surface area (Å²) < 4.78 is 18.6. The van der Waals surface area contributed by atoms with Gasteiger partial charge in [0.05, 0.1) is 22.4 Å². The molecule has 6 heteroatoms.